The molecular weight excluding hydrogens is 598 g/mol. The summed E-state index contributed by atoms with van der Waals surface area (Å²) in [6.07, 6.45) is 2.42. The number of benzene rings is 1. The third kappa shape index (κ3) is 8.42. The third-order valence-corrected chi connectivity index (χ3v) is 8.10. The van der Waals surface area contributed by atoms with Crippen LogP contribution >= 0.6 is 11.6 Å². The highest BCUT2D eigenvalue weighted by Crippen LogP contribution is 2.44. The zero-order chi connectivity index (χ0) is 32.4. The molecular formula is C31H43ClF2N4O6. The molecule has 2 aliphatic carbocycles. The Morgan fingerprint density at radius 3 is 2.50 bits per heavy atom. The molecule has 0 spiro atoms. The molecule has 2 aromatic rings. The van der Waals surface area contributed by atoms with Crippen LogP contribution in [0, 0.1) is 23.0 Å². The van der Waals surface area contributed by atoms with Gasteiger partial charge in [0.15, 0.2) is 5.82 Å². The molecule has 3 aliphatic rings. The summed E-state index contributed by atoms with van der Waals surface area (Å²) < 4.78 is 46.5. The predicted octanol–water partition coefficient (Wildman–Crippen LogP) is 5.40. The normalized spacial score (nSPS) is 22.5. The first kappa shape index (κ1) is 35.6. The lowest BCUT2D eigenvalue weighted by Crippen LogP contribution is -2.32. The minimum Gasteiger partial charge on any atom is -0.471 e. The number of carbonyl (C=O) groups is 1. The van der Waals surface area contributed by atoms with E-state index in [-0.39, 0.29) is 65.7 Å². The predicted molar refractivity (Wildman–Crippen MR) is 165 cm³/mol. The summed E-state index contributed by atoms with van der Waals surface area (Å²) in [4.78, 5) is 20.4. The number of carbonyl (C=O) groups excluding carboxylic acids is 1. The van der Waals surface area contributed by atoms with Crippen molar-refractivity contribution in [3.8, 4) is 5.88 Å². The van der Waals surface area contributed by atoms with Crippen molar-refractivity contribution >= 4 is 35.7 Å². The van der Waals surface area contributed by atoms with Crippen LogP contribution in [-0.4, -0.2) is 72.6 Å². The van der Waals surface area contributed by atoms with Gasteiger partial charge in [-0.1, -0.05) is 39.3 Å². The lowest BCUT2D eigenvalue weighted by molar-refractivity contribution is -0.0346. The minimum absolute atomic E-state index is 0.0563. The Balaban J connectivity index is 0.00000127. The first-order valence-corrected chi connectivity index (χ1v) is 15.4. The van der Waals surface area contributed by atoms with Crippen LogP contribution in [0.4, 0.5) is 20.3 Å². The molecule has 5 rings (SSSR count). The van der Waals surface area contributed by atoms with Crippen molar-refractivity contribution in [2.75, 3.05) is 31.8 Å². The van der Waals surface area contributed by atoms with E-state index in [2.05, 4.69) is 27.3 Å². The Bertz CT molecular complexity index is 1260. The van der Waals surface area contributed by atoms with Crippen molar-refractivity contribution in [2.45, 2.75) is 78.3 Å². The number of anilines is 1. The molecule has 1 saturated heterocycles. The van der Waals surface area contributed by atoms with E-state index >= 15 is 0 Å². The van der Waals surface area contributed by atoms with Gasteiger partial charge in [0, 0.05) is 23.4 Å². The highest BCUT2D eigenvalue weighted by molar-refractivity contribution is 6.32. The van der Waals surface area contributed by atoms with Crippen molar-refractivity contribution in [3.05, 3.63) is 46.0 Å². The molecule has 3 fully saturated rings. The Morgan fingerprint density at radius 2 is 1.89 bits per heavy atom. The van der Waals surface area contributed by atoms with E-state index in [1.165, 1.54) is 6.07 Å². The fraction of sp³-hybridized carbons (Fsp3) is 0.581. The molecule has 1 aromatic carbocycles. The zero-order valence-corrected chi connectivity index (χ0v) is 26.4. The van der Waals surface area contributed by atoms with Crippen molar-refractivity contribution < 1.29 is 38.0 Å². The van der Waals surface area contributed by atoms with Gasteiger partial charge in [0.2, 0.25) is 5.88 Å². The topological polar surface area (TPSA) is 135 Å². The van der Waals surface area contributed by atoms with Crippen molar-refractivity contribution in [3.63, 3.8) is 0 Å². The van der Waals surface area contributed by atoms with Crippen molar-refractivity contribution in [2.24, 2.45) is 16.3 Å². The number of aliphatic hydroxyl groups is 2. The molecule has 13 heteroatoms. The molecule has 1 aliphatic heterocycles. The van der Waals surface area contributed by atoms with Gasteiger partial charge in [0.25, 0.3) is 5.91 Å². The minimum atomic E-state index is -0.963. The zero-order valence-electron chi connectivity index (χ0n) is 25.7. The Labute approximate surface area is 262 Å². The maximum absolute atomic E-state index is 14.7. The lowest BCUT2D eigenvalue weighted by Gasteiger charge is -2.20. The van der Waals surface area contributed by atoms with Crippen LogP contribution < -0.4 is 15.4 Å². The molecule has 2 heterocycles. The van der Waals surface area contributed by atoms with E-state index in [0.29, 0.717) is 12.3 Å². The number of aliphatic imine (C=N–C) groups is 1. The van der Waals surface area contributed by atoms with Gasteiger partial charge in [-0.3, -0.25) is 4.79 Å². The summed E-state index contributed by atoms with van der Waals surface area (Å²) in [7, 11) is 0. The Kier molecular flexibility index (Phi) is 13.3. The van der Waals surface area contributed by atoms with Crippen LogP contribution in [0.25, 0.3) is 0 Å². The largest absolute Gasteiger partial charge is 0.471 e. The summed E-state index contributed by atoms with van der Waals surface area (Å²) in [5, 5.41) is 25.0. The number of rotatable bonds is 12. The molecule has 244 valence electrons. The van der Waals surface area contributed by atoms with E-state index in [4.69, 9.17) is 25.8 Å². The van der Waals surface area contributed by atoms with Gasteiger partial charge in [-0.15, -0.1) is 0 Å². The first-order chi connectivity index (χ1) is 21.2. The molecule has 4 N–H and O–H groups in total. The molecule has 0 bridgehead atoms. The van der Waals surface area contributed by atoms with Crippen LogP contribution in [0.2, 0.25) is 5.02 Å². The molecule has 1 aromatic heterocycles. The second-order valence-electron chi connectivity index (χ2n) is 10.5. The fourth-order valence-electron chi connectivity index (χ4n) is 5.11. The van der Waals surface area contributed by atoms with Gasteiger partial charge in [0.05, 0.1) is 42.8 Å². The van der Waals surface area contributed by atoms with Crippen LogP contribution in [0.15, 0.2) is 23.2 Å². The van der Waals surface area contributed by atoms with E-state index in [1.54, 1.807) is 0 Å². The highest BCUT2D eigenvalue weighted by atomic mass is 35.5. The van der Waals surface area contributed by atoms with E-state index < -0.39 is 35.8 Å². The highest BCUT2D eigenvalue weighted by Gasteiger charge is 2.46. The molecule has 44 heavy (non-hydrogen) atoms. The quantitative estimate of drug-likeness (QED) is 0.179. The van der Waals surface area contributed by atoms with Crippen LogP contribution in [-0.2, 0) is 16.1 Å². The second kappa shape index (κ2) is 16.4. The third-order valence-electron chi connectivity index (χ3n) is 7.83. The number of halogens is 3. The maximum atomic E-state index is 14.7. The standard InChI is InChI=1S/C27H31ClF2N4O6.2C2H6/c1-31-24-20(33-13-40-22-3-2-15-21(36)10-38-23(15)22)8-17(28)26(34-24)39-9-16-18(29)6-14(7-19(16)30)25(37)32-11-27(12-35)4-5-27;2*1-2/h6-8,15,21-23,33,35-36H,1-5,9-13H2,(H,32,37);2*1-2H3/t15?,21-,22-,23+;;/m1../s1. The number of aliphatic hydroxyl groups excluding tert-OH is 2. The molecule has 1 amide bonds. The Morgan fingerprint density at radius 1 is 1.20 bits per heavy atom. The summed E-state index contributed by atoms with van der Waals surface area (Å²) >= 11 is 6.32. The maximum Gasteiger partial charge on any atom is 0.251 e. The second-order valence-corrected chi connectivity index (χ2v) is 10.9. The molecule has 10 nitrogen and oxygen atoms in total. The van der Waals surface area contributed by atoms with Gasteiger partial charge in [-0.05, 0) is 50.6 Å². The van der Waals surface area contributed by atoms with Gasteiger partial charge in [-0.2, -0.15) is 4.98 Å². The number of nitrogens with zero attached hydrogens (tertiary/aromatic N) is 2. The van der Waals surface area contributed by atoms with E-state index in [1.807, 2.05) is 27.7 Å². The average molecular weight is 641 g/mol. The number of amides is 1. The number of hydrogen-bond donors (Lipinski definition) is 4. The monoisotopic (exact) mass is 640 g/mol. The van der Waals surface area contributed by atoms with Gasteiger partial charge < -0.3 is 35.1 Å². The smallest absolute Gasteiger partial charge is 0.251 e. The first-order valence-electron chi connectivity index (χ1n) is 15.1. The summed E-state index contributed by atoms with van der Waals surface area (Å²) in [5.74, 6) is -2.45. The SMILES string of the molecule is C=Nc1nc(OCc2c(F)cc(C(=O)NCC3(CO)CC3)cc2F)c(Cl)cc1NCO[C@@H]1CCC2[C@H](O)CO[C@@H]21.CC.CC. The number of pyridine rings is 1. The number of aromatic nitrogens is 1. The van der Waals surface area contributed by atoms with Crippen molar-refractivity contribution in [1.82, 2.24) is 10.3 Å². The van der Waals surface area contributed by atoms with Crippen LogP contribution in [0.3, 0.4) is 0 Å². The Hall–Kier alpha value is -2.90. The van der Waals surface area contributed by atoms with E-state index in [0.717, 1.165) is 37.8 Å². The number of ether oxygens (including phenoxy) is 3. The van der Waals surface area contributed by atoms with Gasteiger partial charge in [-0.25, -0.2) is 13.8 Å². The summed E-state index contributed by atoms with van der Waals surface area (Å²) in [6.45, 7) is 11.6. The van der Waals surface area contributed by atoms with Gasteiger partial charge >= 0.3 is 0 Å². The number of hydrogen-bond acceptors (Lipinski definition) is 9. The number of fused-ring (bicyclic) bond motifs is 1. The number of nitrogens with one attached hydrogen (secondary N) is 2. The molecule has 4 atom stereocenters. The average Bonchev–Trinajstić information content (AvgIpc) is 3.57. The lowest BCUT2D eigenvalue weighted by atomic mass is 10.0. The van der Waals surface area contributed by atoms with Crippen LogP contribution in [0.1, 0.15) is 69.3 Å². The van der Waals surface area contributed by atoms with E-state index in [9.17, 15) is 23.8 Å². The summed E-state index contributed by atoms with van der Waals surface area (Å²) in [5.41, 5.74) is -0.501. The molecule has 2 saturated carbocycles. The van der Waals surface area contributed by atoms with Gasteiger partial charge in [0.1, 0.15) is 30.0 Å². The summed E-state index contributed by atoms with van der Waals surface area (Å²) in [6, 6.07) is 3.35. The molecule has 1 unspecified atom stereocenters. The fourth-order valence-corrected chi connectivity index (χ4v) is 5.31. The van der Waals surface area contributed by atoms with Crippen molar-refractivity contribution in [1.29, 1.82) is 0 Å². The van der Waals surface area contributed by atoms with Crippen LogP contribution in [0.5, 0.6) is 5.88 Å². The molecule has 0 radical (unpaired) electrons.